The Hall–Kier alpha value is -3.88. The number of carboxylic acids is 1. The van der Waals surface area contributed by atoms with E-state index >= 15 is 0 Å². The number of rotatable bonds is 9. The van der Waals surface area contributed by atoms with Crippen LogP contribution in [0.15, 0.2) is 36.4 Å². The molecule has 0 aromatic heterocycles. The second kappa shape index (κ2) is 10.8. The lowest BCUT2D eigenvalue weighted by Gasteiger charge is -2.30. The van der Waals surface area contributed by atoms with Crippen molar-refractivity contribution in [2.24, 2.45) is 5.73 Å². The predicted molar refractivity (Wildman–Crippen MR) is 129 cm³/mol. The Kier molecular flexibility index (Phi) is 7.88. The van der Waals surface area contributed by atoms with Crippen LogP contribution in [0.3, 0.4) is 0 Å². The maximum atomic E-state index is 12.9. The lowest BCUT2D eigenvalue weighted by molar-refractivity contribution is -0.138. The van der Waals surface area contributed by atoms with Gasteiger partial charge in [0, 0.05) is 35.0 Å². The van der Waals surface area contributed by atoms with E-state index in [1.807, 2.05) is 6.92 Å². The monoisotopic (exact) mass is 466 g/mol. The van der Waals surface area contributed by atoms with Crippen molar-refractivity contribution < 1.29 is 24.6 Å². The van der Waals surface area contributed by atoms with Crippen molar-refractivity contribution >= 4 is 35.0 Å². The molecule has 0 unspecified atom stereocenters. The summed E-state index contributed by atoms with van der Waals surface area (Å²) in [6.45, 7) is 1.85. The molecule has 9 nitrogen and oxygen atoms in total. The fraction of sp³-hybridized carbons (Fsp3) is 0.360. The number of hydrogen-bond acceptors (Lipinski definition) is 5. The van der Waals surface area contributed by atoms with Crippen LogP contribution in [-0.2, 0) is 20.8 Å². The Labute approximate surface area is 198 Å². The van der Waals surface area contributed by atoms with Gasteiger partial charge >= 0.3 is 5.97 Å². The number of hydrogen-bond donors (Lipinski definition) is 5. The Morgan fingerprint density at radius 1 is 1.12 bits per heavy atom. The summed E-state index contributed by atoms with van der Waals surface area (Å²) in [6, 6.07) is 9.71. The highest BCUT2D eigenvalue weighted by atomic mass is 16.4. The molecule has 0 radical (unpaired) electrons. The van der Waals surface area contributed by atoms with E-state index < -0.39 is 5.97 Å². The fourth-order valence-electron chi connectivity index (χ4n) is 4.31. The van der Waals surface area contributed by atoms with Gasteiger partial charge in [-0.2, -0.15) is 0 Å². The molecular formula is C25H30N4O5. The summed E-state index contributed by atoms with van der Waals surface area (Å²) < 4.78 is 0. The topological polar surface area (TPSA) is 157 Å². The SMILES string of the molecule is Cc1cc(NC(=O)Cc2cc(C(=N)N)ccc2O)ccc1N(C(=O)CCC(=O)O)C1CCCC1. The molecule has 0 spiro atoms. The number of phenolic OH excluding ortho intramolecular Hbond substituents is 1. The molecule has 0 heterocycles. The second-order valence-electron chi connectivity index (χ2n) is 8.58. The minimum atomic E-state index is -1.01. The van der Waals surface area contributed by atoms with Crippen molar-refractivity contribution in [2.75, 3.05) is 10.2 Å². The Morgan fingerprint density at radius 2 is 1.82 bits per heavy atom. The Morgan fingerprint density at radius 3 is 2.44 bits per heavy atom. The molecule has 2 amide bonds. The minimum absolute atomic E-state index is 0.0389. The molecule has 0 aliphatic heterocycles. The molecule has 1 fully saturated rings. The van der Waals surface area contributed by atoms with Gasteiger partial charge in [0.1, 0.15) is 11.6 Å². The molecule has 9 heteroatoms. The number of amides is 2. The highest BCUT2D eigenvalue weighted by Gasteiger charge is 2.29. The van der Waals surface area contributed by atoms with E-state index in [9.17, 15) is 19.5 Å². The van der Waals surface area contributed by atoms with Gasteiger partial charge in [0.15, 0.2) is 0 Å². The average Bonchev–Trinajstić information content (AvgIpc) is 3.29. The number of nitrogens with one attached hydrogen (secondary N) is 2. The number of carbonyl (C=O) groups is 3. The van der Waals surface area contributed by atoms with Crippen LogP contribution < -0.4 is 16.0 Å². The zero-order valence-corrected chi connectivity index (χ0v) is 19.1. The summed E-state index contributed by atoms with van der Waals surface area (Å²) in [6.07, 6.45) is 3.42. The predicted octanol–water partition coefficient (Wildman–Crippen LogP) is 3.31. The van der Waals surface area contributed by atoms with E-state index in [0.717, 1.165) is 31.2 Å². The molecule has 6 N–H and O–H groups in total. The van der Waals surface area contributed by atoms with Gasteiger partial charge in [0.05, 0.1) is 12.8 Å². The lowest BCUT2D eigenvalue weighted by Crippen LogP contribution is -2.39. The highest BCUT2D eigenvalue weighted by molar-refractivity contribution is 5.98. The minimum Gasteiger partial charge on any atom is -0.508 e. The first-order valence-corrected chi connectivity index (χ1v) is 11.3. The quantitative estimate of drug-likeness (QED) is 0.282. The smallest absolute Gasteiger partial charge is 0.303 e. The zero-order valence-electron chi connectivity index (χ0n) is 19.1. The molecular weight excluding hydrogens is 436 g/mol. The van der Waals surface area contributed by atoms with Crippen LogP contribution in [0.4, 0.5) is 11.4 Å². The molecule has 180 valence electrons. The number of carbonyl (C=O) groups excluding carboxylic acids is 2. The van der Waals surface area contributed by atoms with Crippen molar-refractivity contribution in [1.82, 2.24) is 0 Å². The molecule has 1 aliphatic carbocycles. The van der Waals surface area contributed by atoms with Gasteiger partial charge in [-0.25, -0.2) is 0 Å². The Balaban J connectivity index is 1.76. The molecule has 3 rings (SSSR count). The Bertz CT molecular complexity index is 1110. The van der Waals surface area contributed by atoms with E-state index in [0.29, 0.717) is 22.5 Å². The summed E-state index contributed by atoms with van der Waals surface area (Å²) >= 11 is 0. The number of aromatic hydroxyl groups is 1. The molecule has 2 aromatic rings. The summed E-state index contributed by atoms with van der Waals surface area (Å²) in [5.74, 6) is -1.78. The van der Waals surface area contributed by atoms with Crippen LogP contribution in [0, 0.1) is 12.3 Å². The normalized spacial score (nSPS) is 13.4. The number of amidine groups is 1. The summed E-state index contributed by atoms with van der Waals surface area (Å²) in [5.41, 5.74) is 8.30. The van der Waals surface area contributed by atoms with Gasteiger partial charge in [-0.3, -0.25) is 19.8 Å². The third-order valence-electron chi connectivity index (χ3n) is 5.99. The summed E-state index contributed by atoms with van der Waals surface area (Å²) in [4.78, 5) is 38.2. The zero-order chi connectivity index (χ0) is 24.8. The number of phenols is 1. The molecule has 0 saturated heterocycles. The number of benzene rings is 2. The number of aliphatic carboxylic acids is 1. The van der Waals surface area contributed by atoms with Gasteiger partial charge in [-0.05, 0) is 61.7 Å². The van der Waals surface area contributed by atoms with E-state index in [4.69, 9.17) is 16.2 Å². The standard InChI is InChI=1S/C25H30N4O5/c1-15-12-18(28-22(31)14-17-13-16(25(26)27)6-9-21(17)30)7-8-20(15)29(19-4-2-3-5-19)23(32)10-11-24(33)34/h6-9,12-13,19,30H,2-5,10-11,14H2,1H3,(H3,26,27)(H,28,31)(H,33,34). The van der Waals surface area contributed by atoms with Crippen LogP contribution in [0.1, 0.15) is 55.2 Å². The second-order valence-corrected chi connectivity index (χ2v) is 8.58. The highest BCUT2D eigenvalue weighted by Crippen LogP contribution is 2.32. The first-order valence-electron chi connectivity index (χ1n) is 11.3. The molecule has 0 bridgehead atoms. The van der Waals surface area contributed by atoms with Crippen molar-refractivity contribution in [3.63, 3.8) is 0 Å². The van der Waals surface area contributed by atoms with Gasteiger partial charge in [-0.1, -0.05) is 12.8 Å². The van der Waals surface area contributed by atoms with Crippen molar-refractivity contribution in [3.8, 4) is 5.75 Å². The first-order chi connectivity index (χ1) is 16.2. The number of aryl methyl sites for hydroxylation is 1. The number of nitrogen functional groups attached to an aromatic ring is 1. The number of carboxylic acid groups (broad SMARTS) is 1. The van der Waals surface area contributed by atoms with Crippen molar-refractivity contribution in [2.45, 2.75) is 57.9 Å². The van der Waals surface area contributed by atoms with E-state index in [1.165, 1.54) is 18.2 Å². The van der Waals surface area contributed by atoms with Crippen LogP contribution in [0.25, 0.3) is 0 Å². The van der Waals surface area contributed by atoms with E-state index in [1.54, 1.807) is 23.1 Å². The molecule has 34 heavy (non-hydrogen) atoms. The number of nitrogens with zero attached hydrogens (tertiary/aromatic N) is 1. The lowest BCUT2D eigenvalue weighted by atomic mass is 10.1. The van der Waals surface area contributed by atoms with Crippen molar-refractivity contribution in [1.29, 1.82) is 5.41 Å². The molecule has 0 atom stereocenters. The van der Waals surface area contributed by atoms with Gasteiger partial charge in [0.25, 0.3) is 0 Å². The van der Waals surface area contributed by atoms with Crippen LogP contribution in [0.5, 0.6) is 5.75 Å². The summed E-state index contributed by atoms with van der Waals surface area (Å²) in [7, 11) is 0. The van der Waals surface area contributed by atoms with E-state index in [-0.39, 0.29) is 48.7 Å². The number of anilines is 2. The van der Waals surface area contributed by atoms with E-state index in [2.05, 4.69) is 5.32 Å². The van der Waals surface area contributed by atoms with Crippen LogP contribution in [0.2, 0.25) is 0 Å². The third kappa shape index (κ3) is 6.12. The van der Waals surface area contributed by atoms with Gasteiger partial charge < -0.3 is 26.2 Å². The van der Waals surface area contributed by atoms with Gasteiger partial charge in [0.2, 0.25) is 11.8 Å². The number of nitrogens with two attached hydrogens (primary N) is 1. The third-order valence-corrected chi connectivity index (χ3v) is 5.99. The van der Waals surface area contributed by atoms with Crippen LogP contribution in [-0.4, -0.2) is 39.9 Å². The average molecular weight is 467 g/mol. The maximum absolute atomic E-state index is 12.9. The maximum Gasteiger partial charge on any atom is 0.303 e. The van der Waals surface area contributed by atoms with Crippen molar-refractivity contribution in [3.05, 3.63) is 53.1 Å². The largest absolute Gasteiger partial charge is 0.508 e. The summed E-state index contributed by atoms with van der Waals surface area (Å²) in [5, 5.41) is 29.3. The molecule has 2 aromatic carbocycles. The fourth-order valence-corrected chi connectivity index (χ4v) is 4.31. The van der Waals surface area contributed by atoms with Crippen LogP contribution >= 0.6 is 0 Å². The van der Waals surface area contributed by atoms with Gasteiger partial charge in [-0.15, -0.1) is 0 Å². The first kappa shape index (κ1) is 24.8. The molecule has 1 aliphatic rings. The molecule has 1 saturated carbocycles.